The molecule has 0 radical (unpaired) electrons. The first-order valence-corrected chi connectivity index (χ1v) is 6.42. The average Bonchev–Trinajstić information content (AvgIpc) is 2.37. The highest BCUT2D eigenvalue weighted by molar-refractivity contribution is 5.99. The van der Waals surface area contributed by atoms with Gasteiger partial charge in [-0.2, -0.15) is 0 Å². The standard InChI is InChI=1S/C15H19NO4/c1-10(2)14(15(19)20)16(11(3)17)9-13(18)12-7-5-4-6-8-12/h4-8,10,14H,9H2,1-3H3,(H,19,20). The first-order valence-electron chi connectivity index (χ1n) is 6.42. The highest BCUT2D eigenvalue weighted by atomic mass is 16.4. The van der Waals surface area contributed by atoms with E-state index in [1.807, 2.05) is 0 Å². The van der Waals surface area contributed by atoms with Crippen LogP contribution in [0.5, 0.6) is 0 Å². The van der Waals surface area contributed by atoms with Crippen molar-refractivity contribution in [2.24, 2.45) is 5.92 Å². The molecule has 0 fully saturated rings. The van der Waals surface area contributed by atoms with Gasteiger partial charge in [-0.05, 0) is 5.92 Å². The lowest BCUT2D eigenvalue weighted by atomic mass is 10.0. The van der Waals surface area contributed by atoms with Gasteiger partial charge in [-0.1, -0.05) is 44.2 Å². The quantitative estimate of drug-likeness (QED) is 0.805. The molecule has 0 heterocycles. The molecule has 0 aliphatic heterocycles. The molecule has 20 heavy (non-hydrogen) atoms. The van der Waals surface area contributed by atoms with Gasteiger partial charge < -0.3 is 10.0 Å². The number of carbonyl (C=O) groups excluding carboxylic acids is 2. The molecule has 0 saturated heterocycles. The van der Waals surface area contributed by atoms with Crippen LogP contribution >= 0.6 is 0 Å². The van der Waals surface area contributed by atoms with Crippen molar-refractivity contribution in [3.8, 4) is 0 Å². The summed E-state index contributed by atoms with van der Waals surface area (Å²) in [5, 5.41) is 9.24. The number of ketones is 1. The van der Waals surface area contributed by atoms with Crippen molar-refractivity contribution in [2.75, 3.05) is 6.54 Å². The van der Waals surface area contributed by atoms with Crippen LogP contribution in [0.15, 0.2) is 30.3 Å². The Bertz CT molecular complexity index is 496. The summed E-state index contributed by atoms with van der Waals surface area (Å²) in [6, 6.07) is 7.52. The zero-order valence-corrected chi connectivity index (χ0v) is 11.9. The summed E-state index contributed by atoms with van der Waals surface area (Å²) in [4.78, 5) is 36.2. The highest BCUT2D eigenvalue weighted by Gasteiger charge is 2.32. The molecule has 1 atom stereocenters. The Morgan fingerprint density at radius 3 is 2.10 bits per heavy atom. The van der Waals surface area contributed by atoms with E-state index in [4.69, 9.17) is 0 Å². The fourth-order valence-corrected chi connectivity index (χ4v) is 2.05. The number of carboxylic acid groups (broad SMARTS) is 1. The molecule has 108 valence electrons. The van der Waals surface area contributed by atoms with E-state index in [-0.39, 0.29) is 18.2 Å². The molecule has 0 aliphatic carbocycles. The molecule has 5 heteroatoms. The minimum atomic E-state index is -1.10. The van der Waals surface area contributed by atoms with Crippen molar-refractivity contribution in [3.05, 3.63) is 35.9 Å². The van der Waals surface area contributed by atoms with Crippen LogP contribution in [0.3, 0.4) is 0 Å². The smallest absolute Gasteiger partial charge is 0.326 e. The van der Waals surface area contributed by atoms with Crippen molar-refractivity contribution in [1.82, 2.24) is 4.90 Å². The van der Waals surface area contributed by atoms with Crippen molar-refractivity contribution in [2.45, 2.75) is 26.8 Å². The Morgan fingerprint density at radius 1 is 1.15 bits per heavy atom. The summed E-state index contributed by atoms with van der Waals surface area (Å²) < 4.78 is 0. The summed E-state index contributed by atoms with van der Waals surface area (Å²) in [6.45, 7) is 4.47. The molecule has 5 nitrogen and oxygen atoms in total. The van der Waals surface area contributed by atoms with Gasteiger partial charge in [0.05, 0.1) is 6.54 Å². The van der Waals surface area contributed by atoms with Crippen LogP contribution < -0.4 is 0 Å². The van der Waals surface area contributed by atoms with E-state index in [1.165, 1.54) is 6.92 Å². The second kappa shape index (κ2) is 6.84. The Labute approximate surface area is 118 Å². The molecule has 1 aromatic rings. The lowest BCUT2D eigenvalue weighted by Gasteiger charge is -2.30. The maximum Gasteiger partial charge on any atom is 0.326 e. The average molecular weight is 277 g/mol. The second-order valence-electron chi connectivity index (χ2n) is 4.96. The topological polar surface area (TPSA) is 74.7 Å². The molecule has 0 spiro atoms. The molecule has 0 aromatic heterocycles. The zero-order chi connectivity index (χ0) is 15.3. The molecule has 0 saturated carbocycles. The third kappa shape index (κ3) is 3.91. The summed E-state index contributed by atoms with van der Waals surface area (Å²) >= 11 is 0. The highest BCUT2D eigenvalue weighted by Crippen LogP contribution is 2.13. The fourth-order valence-electron chi connectivity index (χ4n) is 2.05. The van der Waals surface area contributed by atoms with Gasteiger partial charge in [0.1, 0.15) is 6.04 Å². The predicted octanol–water partition coefficient (Wildman–Crippen LogP) is 1.83. The van der Waals surface area contributed by atoms with E-state index in [0.29, 0.717) is 5.56 Å². The summed E-state index contributed by atoms with van der Waals surface area (Å²) in [6.07, 6.45) is 0. The van der Waals surface area contributed by atoms with E-state index >= 15 is 0 Å². The molecule has 1 amide bonds. The van der Waals surface area contributed by atoms with Crippen LogP contribution in [0, 0.1) is 5.92 Å². The van der Waals surface area contributed by atoms with Gasteiger partial charge >= 0.3 is 5.97 Å². The number of nitrogens with zero attached hydrogens (tertiary/aromatic N) is 1. The van der Waals surface area contributed by atoms with Crippen LogP contribution in [0.2, 0.25) is 0 Å². The summed E-state index contributed by atoms with van der Waals surface area (Å²) in [5.41, 5.74) is 0.464. The van der Waals surface area contributed by atoms with Gasteiger partial charge in [-0.25, -0.2) is 4.79 Å². The number of hydrogen-bond acceptors (Lipinski definition) is 3. The third-order valence-corrected chi connectivity index (χ3v) is 3.03. The Hall–Kier alpha value is -2.17. The first-order chi connectivity index (χ1) is 9.34. The normalized spacial score (nSPS) is 12.0. The van der Waals surface area contributed by atoms with Crippen molar-refractivity contribution >= 4 is 17.7 Å². The van der Waals surface area contributed by atoms with E-state index < -0.39 is 17.9 Å². The van der Waals surface area contributed by atoms with Crippen LogP contribution in [-0.2, 0) is 9.59 Å². The molecule has 1 rings (SSSR count). The number of rotatable bonds is 6. The molecular formula is C15H19NO4. The molecule has 1 N–H and O–H groups in total. The molecule has 1 unspecified atom stereocenters. The van der Waals surface area contributed by atoms with Gasteiger partial charge in [-0.15, -0.1) is 0 Å². The van der Waals surface area contributed by atoms with Gasteiger partial charge in [0.2, 0.25) is 5.91 Å². The zero-order valence-electron chi connectivity index (χ0n) is 11.9. The second-order valence-corrected chi connectivity index (χ2v) is 4.96. The van der Waals surface area contributed by atoms with E-state index in [9.17, 15) is 19.5 Å². The number of benzene rings is 1. The summed E-state index contributed by atoms with van der Waals surface area (Å²) in [7, 11) is 0. The number of carbonyl (C=O) groups is 3. The molecule has 0 bridgehead atoms. The third-order valence-electron chi connectivity index (χ3n) is 3.03. The van der Waals surface area contributed by atoms with Crippen molar-refractivity contribution in [3.63, 3.8) is 0 Å². The van der Waals surface area contributed by atoms with E-state index in [0.717, 1.165) is 4.90 Å². The lowest BCUT2D eigenvalue weighted by molar-refractivity contribution is -0.150. The lowest BCUT2D eigenvalue weighted by Crippen LogP contribution is -2.49. The predicted molar refractivity (Wildman–Crippen MR) is 74.4 cm³/mol. The van der Waals surface area contributed by atoms with Crippen molar-refractivity contribution < 1.29 is 19.5 Å². The van der Waals surface area contributed by atoms with Gasteiger partial charge in [0.15, 0.2) is 5.78 Å². The number of aliphatic carboxylic acids is 1. The fraction of sp³-hybridized carbons (Fsp3) is 0.400. The Balaban J connectivity index is 2.96. The van der Waals surface area contributed by atoms with E-state index in [2.05, 4.69) is 0 Å². The number of Topliss-reactive ketones (excluding diaryl/α,β-unsaturated/α-hetero) is 1. The Morgan fingerprint density at radius 2 is 1.70 bits per heavy atom. The molecule has 1 aromatic carbocycles. The number of hydrogen-bond donors (Lipinski definition) is 1. The summed E-state index contributed by atoms with van der Waals surface area (Å²) in [5.74, 6) is -2.07. The minimum absolute atomic E-state index is 0.228. The monoisotopic (exact) mass is 277 g/mol. The molecular weight excluding hydrogens is 258 g/mol. The Kier molecular flexibility index (Phi) is 5.43. The van der Waals surface area contributed by atoms with Crippen LogP contribution in [-0.4, -0.2) is 40.3 Å². The SMILES string of the molecule is CC(=O)N(CC(=O)c1ccccc1)C(C(=O)O)C(C)C. The first kappa shape index (κ1) is 15.9. The maximum atomic E-state index is 12.1. The number of carboxylic acids is 1. The largest absolute Gasteiger partial charge is 0.480 e. The maximum absolute atomic E-state index is 12.1. The van der Waals surface area contributed by atoms with Crippen LogP contribution in [0.1, 0.15) is 31.1 Å². The minimum Gasteiger partial charge on any atom is -0.480 e. The van der Waals surface area contributed by atoms with Crippen LogP contribution in [0.4, 0.5) is 0 Å². The molecule has 0 aliphatic rings. The van der Waals surface area contributed by atoms with Gasteiger partial charge in [-0.3, -0.25) is 9.59 Å². The van der Waals surface area contributed by atoms with Gasteiger partial charge in [0.25, 0.3) is 0 Å². The van der Waals surface area contributed by atoms with Crippen molar-refractivity contribution in [1.29, 1.82) is 0 Å². The number of amides is 1. The van der Waals surface area contributed by atoms with Gasteiger partial charge in [0, 0.05) is 12.5 Å². The van der Waals surface area contributed by atoms with E-state index in [1.54, 1.807) is 44.2 Å². The van der Waals surface area contributed by atoms with Crippen LogP contribution in [0.25, 0.3) is 0 Å².